The quantitative estimate of drug-likeness (QED) is 0.468. The third-order valence-electron chi connectivity index (χ3n) is 7.08. The van der Waals surface area contributed by atoms with Gasteiger partial charge in [0.25, 0.3) is 0 Å². The number of carbonyl (C=O) groups is 3. The zero-order valence-electron chi connectivity index (χ0n) is 15.8. The van der Waals surface area contributed by atoms with E-state index in [0.717, 1.165) is 5.56 Å². The number of allylic oxidation sites excluding steroid dienone is 2. The molecule has 1 heterocycles. The SMILES string of the molecule is COC(=O)[C@@]12CC=CCC3C(=O)CC[C@@H](N(Cc4ccccc4)C1=O)[C@]32C. The van der Waals surface area contributed by atoms with Crippen LogP contribution in [0.3, 0.4) is 0 Å². The van der Waals surface area contributed by atoms with Crippen LogP contribution in [0, 0.1) is 16.7 Å². The number of ketones is 1. The first-order chi connectivity index (χ1) is 13.0. The van der Waals surface area contributed by atoms with Gasteiger partial charge in [-0.3, -0.25) is 14.4 Å². The Morgan fingerprint density at radius 1 is 1.22 bits per heavy atom. The second kappa shape index (κ2) is 6.32. The molecule has 0 bridgehead atoms. The summed E-state index contributed by atoms with van der Waals surface area (Å²) in [7, 11) is 1.33. The fraction of sp³-hybridized carbons (Fsp3) is 0.500. The zero-order valence-corrected chi connectivity index (χ0v) is 15.8. The summed E-state index contributed by atoms with van der Waals surface area (Å²) in [6.07, 6.45) is 5.76. The maximum atomic E-state index is 13.8. The molecule has 3 aliphatic rings. The lowest BCUT2D eigenvalue weighted by Gasteiger charge is -2.48. The summed E-state index contributed by atoms with van der Waals surface area (Å²) in [4.78, 5) is 41.5. The van der Waals surface area contributed by atoms with Gasteiger partial charge in [0.2, 0.25) is 5.91 Å². The van der Waals surface area contributed by atoms with Gasteiger partial charge in [-0.1, -0.05) is 49.4 Å². The summed E-state index contributed by atoms with van der Waals surface area (Å²) in [5.74, 6) is -0.888. The topological polar surface area (TPSA) is 63.7 Å². The van der Waals surface area contributed by atoms with Crippen molar-refractivity contribution in [3.8, 4) is 0 Å². The zero-order chi connectivity index (χ0) is 19.2. The molecule has 1 saturated heterocycles. The fourth-order valence-corrected chi connectivity index (χ4v) is 5.70. The van der Waals surface area contributed by atoms with Crippen molar-refractivity contribution < 1.29 is 19.1 Å². The Hall–Kier alpha value is -2.43. The largest absolute Gasteiger partial charge is 0.468 e. The van der Waals surface area contributed by atoms with Crippen LogP contribution in [-0.2, 0) is 25.7 Å². The highest BCUT2D eigenvalue weighted by Crippen LogP contribution is 2.63. The van der Waals surface area contributed by atoms with Gasteiger partial charge in [-0.15, -0.1) is 0 Å². The van der Waals surface area contributed by atoms with Crippen LogP contribution in [0.15, 0.2) is 42.5 Å². The summed E-state index contributed by atoms with van der Waals surface area (Å²) in [6, 6.07) is 9.66. The number of likely N-dealkylation sites (tertiary alicyclic amines) is 1. The Balaban J connectivity index is 1.87. The predicted octanol–water partition coefficient (Wildman–Crippen LogP) is 2.89. The first-order valence-electron chi connectivity index (χ1n) is 9.58. The monoisotopic (exact) mass is 367 g/mol. The second-order valence-electron chi connectivity index (χ2n) is 8.08. The Labute approximate surface area is 159 Å². The minimum absolute atomic E-state index is 0.146. The van der Waals surface area contributed by atoms with E-state index < -0.39 is 16.8 Å². The first-order valence-corrected chi connectivity index (χ1v) is 9.58. The molecule has 1 aromatic rings. The molecular formula is C22H25NO4. The molecular weight excluding hydrogens is 342 g/mol. The molecule has 0 radical (unpaired) electrons. The summed E-state index contributed by atoms with van der Waals surface area (Å²) in [5.41, 5.74) is -1.06. The van der Waals surface area contributed by atoms with Crippen LogP contribution in [0.25, 0.3) is 0 Å². The van der Waals surface area contributed by atoms with Crippen LogP contribution in [0.5, 0.6) is 0 Å². The number of hydrogen-bond donors (Lipinski definition) is 0. The van der Waals surface area contributed by atoms with Crippen molar-refractivity contribution in [1.29, 1.82) is 0 Å². The minimum Gasteiger partial charge on any atom is -0.468 e. The molecule has 5 heteroatoms. The number of Topliss-reactive ketones (excluding diaryl/α,β-unsaturated/α-hetero) is 1. The number of ether oxygens (including phenoxy) is 1. The molecule has 2 aliphatic carbocycles. The number of methoxy groups -OCH3 is 1. The number of benzene rings is 1. The minimum atomic E-state index is -1.32. The van der Waals surface area contributed by atoms with Crippen LogP contribution in [0.2, 0.25) is 0 Å². The molecule has 0 N–H and O–H groups in total. The molecule has 1 aliphatic heterocycles. The van der Waals surface area contributed by atoms with E-state index in [2.05, 4.69) is 0 Å². The Bertz CT molecular complexity index is 817. The molecule has 0 aromatic heterocycles. The maximum Gasteiger partial charge on any atom is 0.322 e. The van der Waals surface area contributed by atoms with Crippen molar-refractivity contribution in [2.45, 2.75) is 45.2 Å². The van der Waals surface area contributed by atoms with Crippen molar-refractivity contribution in [2.24, 2.45) is 16.7 Å². The van der Waals surface area contributed by atoms with Crippen molar-refractivity contribution in [1.82, 2.24) is 4.90 Å². The molecule has 4 atom stereocenters. The van der Waals surface area contributed by atoms with E-state index >= 15 is 0 Å². The van der Waals surface area contributed by atoms with Crippen LogP contribution >= 0.6 is 0 Å². The van der Waals surface area contributed by atoms with Gasteiger partial charge >= 0.3 is 5.97 Å². The van der Waals surface area contributed by atoms with Crippen molar-refractivity contribution in [3.63, 3.8) is 0 Å². The molecule has 27 heavy (non-hydrogen) atoms. The van der Waals surface area contributed by atoms with E-state index in [1.54, 1.807) is 0 Å². The third-order valence-corrected chi connectivity index (χ3v) is 7.08. The van der Waals surface area contributed by atoms with E-state index in [4.69, 9.17) is 4.74 Å². The lowest BCUT2D eigenvalue weighted by atomic mass is 9.52. The van der Waals surface area contributed by atoms with Gasteiger partial charge in [0.1, 0.15) is 5.78 Å². The molecule has 1 saturated carbocycles. The molecule has 1 unspecified atom stereocenters. The van der Waals surface area contributed by atoms with E-state index in [-0.39, 0.29) is 23.7 Å². The lowest BCUT2D eigenvalue weighted by molar-refractivity contribution is -0.168. The van der Waals surface area contributed by atoms with E-state index in [9.17, 15) is 14.4 Å². The van der Waals surface area contributed by atoms with E-state index in [0.29, 0.717) is 32.2 Å². The van der Waals surface area contributed by atoms with Crippen LogP contribution in [0.4, 0.5) is 0 Å². The average Bonchev–Trinajstić information content (AvgIpc) is 2.78. The standard InChI is InChI=1S/C22H25NO4/c1-21-16-10-6-7-13-22(21,20(26)27-2)19(25)23(18(21)12-11-17(16)24)14-15-8-4-3-5-9-15/h3-9,16,18H,10-14H2,1-2H3/t16?,18-,21+,22-/m1/s1. The number of amides is 1. The second-order valence-corrected chi connectivity index (χ2v) is 8.08. The highest BCUT2D eigenvalue weighted by Gasteiger charge is 2.74. The number of nitrogens with zero attached hydrogens (tertiary/aromatic N) is 1. The van der Waals surface area contributed by atoms with Crippen LogP contribution < -0.4 is 0 Å². The molecule has 1 aromatic carbocycles. The first kappa shape index (κ1) is 18.0. The van der Waals surface area contributed by atoms with E-state index in [1.807, 2.05) is 54.3 Å². The predicted molar refractivity (Wildman–Crippen MR) is 99.4 cm³/mol. The molecule has 142 valence electrons. The van der Waals surface area contributed by atoms with E-state index in [1.165, 1.54) is 7.11 Å². The van der Waals surface area contributed by atoms with Crippen molar-refractivity contribution in [3.05, 3.63) is 48.0 Å². The van der Waals surface area contributed by atoms with Crippen molar-refractivity contribution in [2.75, 3.05) is 7.11 Å². The van der Waals surface area contributed by atoms with Gasteiger partial charge in [-0.05, 0) is 24.8 Å². The Morgan fingerprint density at radius 2 is 1.96 bits per heavy atom. The fourth-order valence-electron chi connectivity index (χ4n) is 5.70. The summed E-state index contributed by atoms with van der Waals surface area (Å²) in [6.45, 7) is 2.41. The average molecular weight is 367 g/mol. The van der Waals surface area contributed by atoms with Crippen molar-refractivity contribution >= 4 is 17.7 Å². The molecule has 2 fully saturated rings. The Morgan fingerprint density at radius 3 is 2.67 bits per heavy atom. The third kappa shape index (κ3) is 2.27. The number of carbonyl (C=O) groups excluding carboxylic acids is 3. The highest BCUT2D eigenvalue weighted by atomic mass is 16.5. The summed E-state index contributed by atoms with van der Waals surface area (Å²) >= 11 is 0. The summed E-state index contributed by atoms with van der Waals surface area (Å²) < 4.78 is 5.15. The van der Waals surface area contributed by atoms with Gasteiger partial charge in [-0.25, -0.2) is 0 Å². The number of hydrogen-bond acceptors (Lipinski definition) is 4. The summed E-state index contributed by atoms with van der Waals surface area (Å²) in [5, 5.41) is 0. The van der Waals surface area contributed by atoms with Gasteiger partial charge < -0.3 is 9.64 Å². The van der Waals surface area contributed by atoms with Crippen LogP contribution in [0.1, 0.15) is 38.2 Å². The van der Waals surface area contributed by atoms with Gasteiger partial charge in [0.15, 0.2) is 5.41 Å². The highest BCUT2D eigenvalue weighted by molar-refractivity contribution is 6.07. The molecule has 1 amide bonds. The van der Waals surface area contributed by atoms with Crippen LogP contribution in [-0.4, -0.2) is 35.7 Å². The number of rotatable bonds is 3. The Kier molecular flexibility index (Phi) is 4.21. The van der Waals surface area contributed by atoms with Gasteiger partial charge in [0.05, 0.1) is 7.11 Å². The smallest absolute Gasteiger partial charge is 0.322 e. The molecule has 4 rings (SSSR count). The maximum absolute atomic E-state index is 13.8. The van der Waals surface area contributed by atoms with Gasteiger partial charge in [-0.2, -0.15) is 0 Å². The normalized spacial score (nSPS) is 35.0. The lowest BCUT2D eigenvalue weighted by Crippen LogP contribution is -2.57. The molecule has 5 nitrogen and oxygen atoms in total. The number of esters is 1. The molecule has 0 spiro atoms. The van der Waals surface area contributed by atoms with Gasteiger partial charge in [0, 0.05) is 30.3 Å².